The zero-order valence-electron chi connectivity index (χ0n) is 17.3. The molecule has 7 nitrogen and oxygen atoms in total. The first-order chi connectivity index (χ1) is 14.3. The minimum Gasteiger partial charge on any atom is -0.465 e. The molecule has 0 saturated carbocycles. The van der Waals surface area contributed by atoms with Crippen LogP contribution in [0.3, 0.4) is 0 Å². The molecular formula is C21H26N2O5S2. The van der Waals surface area contributed by atoms with E-state index in [0.29, 0.717) is 19.4 Å². The van der Waals surface area contributed by atoms with E-state index in [4.69, 9.17) is 4.74 Å². The first-order valence-corrected chi connectivity index (χ1v) is 12.0. The number of esters is 1. The monoisotopic (exact) mass is 450 g/mol. The number of benzene rings is 1. The zero-order chi connectivity index (χ0) is 21.9. The van der Waals surface area contributed by atoms with Gasteiger partial charge in [-0.25, -0.2) is 13.2 Å². The number of thiophene rings is 1. The van der Waals surface area contributed by atoms with E-state index in [1.807, 2.05) is 18.4 Å². The average molecular weight is 451 g/mol. The summed E-state index contributed by atoms with van der Waals surface area (Å²) in [6.45, 7) is 3.06. The molecule has 1 aliphatic heterocycles. The molecule has 0 bridgehead atoms. The van der Waals surface area contributed by atoms with Gasteiger partial charge in [-0.05, 0) is 48.9 Å². The topological polar surface area (TPSA) is 84.0 Å². The molecule has 2 heterocycles. The van der Waals surface area contributed by atoms with Crippen LogP contribution in [0.4, 0.5) is 0 Å². The second-order valence-electron chi connectivity index (χ2n) is 7.39. The van der Waals surface area contributed by atoms with Crippen molar-refractivity contribution in [2.24, 2.45) is 5.92 Å². The largest absolute Gasteiger partial charge is 0.465 e. The van der Waals surface area contributed by atoms with Gasteiger partial charge in [0.2, 0.25) is 15.9 Å². The third-order valence-electron chi connectivity index (χ3n) is 5.44. The molecular weight excluding hydrogens is 424 g/mol. The summed E-state index contributed by atoms with van der Waals surface area (Å²) in [6.07, 6.45) is 0.901. The lowest BCUT2D eigenvalue weighted by Gasteiger charge is -2.32. The molecule has 162 valence electrons. The zero-order valence-corrected chi connectivity index (χ0v) is 19.0. The average Bonchev–Trinajstić information content (AvgIpc) is 3.16. The van der Waals surface area contributed by atoms with E-state index in [0.717, 1.165) is 4.88 Å². The summed E-state index contributed by atoms with van der Waals surface area (Å²) in [6, 6.07) is 8.07. The molecule has 0 atom stereocenters. The number of ether oxygens (including phenoxy) is 1. The second kappa shape index (κ2) is 9.28. The van der Waals surface area contributed by atoms with Crippen molar-refractivity contribution in [3.05, 3.63) is 51.7 Å². The third kappa shape index (κ3) is 4.58. The van der Waals surface area contributed by atoms with Crippen LogP contribution in [0, 0.1) is 12.8 Å². The smallest absolute Gasteiger partial charge is 0.339 e. The van der Waals surface area contributed by atoms with Crippen LogP contribution in [0.5, 0.6) is 0 Å². The fourth-order valence-electron chi connectivity index (χ4n) is 3.62. The van der Waals surface area contributed by atoms with E-state index in [1.165, 1.54) is 29.1 Å². The number of carbonyl (C=O) groups excluding carboxylic acids is 2. The fraction of sp³-hybridized carbons (Fsp3) is 0.429. The van der Waals surface area contributed by atoms with E-state index in [-0.39, 0.29) is 35.4 Å². The molecule has 30 heavy (non-hydrogen) atoms. The van der Waals surface area contributed by atoms with Crippen LogP contribution in [0.1, 0.15) is 33.6 Å². The summed E-state index contributed by atoms with van der Waals surface area (Å²) < 4.78 is 32.3. The Morgan fingerprint density at radius 2 is 1.87 bits per heavy atom. The van der Waals surface area contributed by atoms with E-state index < -0.39 is 16.0 Å². The van der Waals surface area contributed by atoms with Gasteiger partial charge in [0.15, 0.2) is 0 Å². The summed E-state index contributed by atoms with van der Waals surface area (Å²) in [5.74, 6) is -0.864. The van der Waals surface area contributed by atoms with Gasteiger partial charge in [0.25, 0.3) is 0 Å². The standard InChI is InChI=1S/C21H26N2O5S2/c1-15-10-13-29-18(15)14-22(2)20(24)16-8-11-23(12-9-16)30(26,27)19-7-5-4-6-17(19)21(25)28-3/h4-7,10,13,16H,8-9,11-12,14H2,1-3H3. The number of methoxy groups -OCH3 is 1. The Balaban J connectivity index is 1.67. The number of rotatable bonds is 6. The van der Waals surface area contributed by atoms with Gasteiger partial charge in [-0.15, -0.1) is 11.3 Å². The molecule has 0 radical (unpaired) electrons. The molecule has 2 aromatic rings. The number of carbonyl (C=O) groups is 2. The number of sulfonamides is 1. The van der Waals surface area contributed by atoms with Crippen LogP contribution in [-0.2, 0) is 26.1 Å². The van der Waals surface area contributed by atoms with Crippen molar-refractivity contribution in [3.8, 4) is 0 Å². The fourth-order valence-corrected chi connectivity index (χ4v) is 6.23. The predicted octanol–water partition coefficient (Wildman–Crippen LogP) is 2.90. The number of aryl methyl sites for hydroxylation is 1. The molecule has 1 aromatic carbocycles. The van der Waals surface area contributed by atoms with Crippen molar-refractivity contribution in [3.63, 3.8) is 0 Å². The second-order valence-corrected chi connectivity index (χ2v) is 10.3. The Labute approximate surface area is 181 Å². The van der Waals surface area contributed by atoms with Gasteiger partial charge in [0.1, 0.15) is 0 Å². The third-order valence-corrected chi connectivity index (χ3v) is 8.40. The number of piperidine rings is 1. The number of hydrogen-bond donors (Lipinski definition) is 0. The van der Waals surface area contributed by atoms with Crippen molar-refractivity contribution in [2.75, 3.05) is 27.2 Å². The van der Waals surface area contributed by atoms with Crippen LogP contribution >= 0.6 is 11.3 Å². The normalized spacial score (nSPS) is 15.7. The minimum atomic E-state index is -3.85. The van der Waals surface area contributed by atoms with Crippen LogP contribution in [0.25, 0.3) is 0 Å². The highest BCUT2D eigenvalue weighted by atomic mass is 32.2. The Hall–Kier alpha value is -2.23. The highest BCUT2D eigenvalue weighted by molar-refractivity contribution is 7.89. The van der Waals surface area contributed by atoms with Crippen molar-refractivity contribution in [2.45, 2.75) is 31.2 Å². The Bertz CT molecular complexity index is 1020. The van der Waals surface area contributed by atoms with Crippen LogP contribution in [0.15, 0.2) is 40.6 Å². The SMILES string of the molecule is COC(=O)c1ccccc1S(=O)(=O)N1CCC(C(=O)N(C)Cc2sccc2C)CC1. The Kier molecular flexibility index (Phi) is 6.95. The molecule has 3 rings (SSSR count). The van der Waals surface area contributed by atoms with Crippen LogP contribution in [0.2, 0.25) is 0 Å². The molecule has 1 aromatic heterocycles. The summed E-state index contributed by atoms with van der Waals surface area (Å²) in [7, 11) is -0.846. The van der Waals surface area contributed by atoms with E-state index >= 15 is 0 Å². The number of hydrogen-bond acceptors (Lipinski definition) is 6. The maximum atomic E-state index is 13.1. The molecule has 1 aliphatic rings. The highest BCUT2D eigenvalue weighted by Gasteiger charge is 2.35. The molecule has 0 unspecified atom stereocenters. The maximum Gasteiger partial charge on any atom is 0.339 e. The lowest BCUT2D eigenvalue weighted by Crippen LogP contribution is -2.43. The summed E-state index contributed by atoms with van der Waals surface area (Å²) >= 11 is 1.63. The van der Waals surface area contributed by atoms with Gasteiger partial charge < -0.3 is 9.64 Å². The highest BCUT2D eigenvalue weighted by Crippen LogP contribution is 2.28. The molecule has 1 amide bonds. The van der Waals surface area contributed by atoms with Crippen molar-refractivity contribution >= 4 is 33.2 Å². The van der Waals surface area contributed by atoms with Gasteiger partial charge in [-0.2, -0.15) is 4.31 Å². The number of amides is 1. The molecule has 0 aliphatic carbocycles. The van der Waals surface area contributed by atoms with Gasteiger partial charge in [-0.3, -0.25) is 4.79 Å². The van der Waals surface area contributed by atoms with E-state index in [1.54, 1.807) is 35.4 Å². The first-order valence-electron chi connectivity index (χ1n) is 9.71. The van der Waals surface area contributed by atoms with E-state index in [2.05, 4.69) is 0 Å². The quantitative estimate of drug-likeness (QED) is 0.632. The summed E-state index contributed by atoms with van der Waals surface area (Å²) in [4.78, 5) is 27.6. The van der Waals surface area contributed by atoms with Gasteiger partial charge in [-0.1, -0.05) is 12.1 Å². The maximum absolute atomic E-state index is 13.1. The minimum absolute atomic E-state index is 0.0178. The molecule has 1 saturated heterocycles. The lowest BCUT2D eigenvalue weighted by atomic mass is 9.96. The predicted molar refractivity (Wildman–Crippen MR) is 115 cm³/mol. The van der Waals surface area contributed by atoms with Crippen molar-refractivity contribution < 1.29 is 22.7 Å². The van der Waals surface area contributed by atoms with Gasteiger partial charge >= 0.3 is 5.97 Å². The first kappa shape index (κ1) is 22.5. The Morgan fingerprint density at radius 1 is 1.20 bits per heavy atom. The molecule has 0 N–H and O–H groups in total. The molecule has 0 spiro atoms. The lowest BCUT2D eigenvalue weighted by molar-refractivity contribution is -0.135. The summed E-state index contributed by atoms with van der Waals surface area (Å²) in [5.41, 5.74) is 1.19. The van der Waals surface area contributed by atoms with Gasteiger partial charge in [0, 0.05) is 30.9 Å². The van der Waals surface area contributed by atoms with Crippen molar-refractivity contribution in [1.29, 1.82) is 0 Å². The van der Waals surface area contributed by atoms with Crippen LogP contribution < -0.4 is 0 Å². The van der Waals surface area contributed by atoms with Crippen LogP contribution in [-0.4, -0.2) is 56.7 Å². The van der Waals surface area contributed by atoms with Gasteiger partial charge in [0.05, 0.1) is 24.1 Å². The molecule has 9 heteroatoms. The number of nitrogens with zero attached hydrogens (tertiary/aromatic N) is 2. The van der Waals surface area contributed by atoms with E-state index in [9.17, 15) is 18.0 Å². The molecule has 1 fully saturated rings. The summed E-state index contributed by atoms with van der Waals surface area (Å²) in [5, 5.41) is 2.01. The Morgan fingerprint density at radius 3 is 2.47 bits per heavy atom. The van der Waals surface area contributed by atoms with Crippen molar-refractivity contribution in [1.82, 2.24) is 9.21 Å².